The van der Waals surface area contributed by atoms with Crippen molar-refractivity contribution in [3.05, 3.63) is 97.7 Å². The number of benzene rings is 3. The molecule has 3 aromatic carbocycles. The molecule has 2 heterocycles. The molecule has 0 radical (unpaired) electrons. The summed E-state index contributed by atoms with van der Waals surface area (Å²) in [6.07, 6.45) is 0. The Balaban J connectivity index is 1.39. The highest BCUT2D eigenvalue weighted by Gasteiger charge is 2.09. The number of aromatic amines is 2. The molecule has 2 aromatic heterocycles. The smallest absolute Gasteiger partial charge is 0.314 e. The summed E-state index contributed by atoms with van der Waals surface area (Å²) in [6, 6.07) is 19.7. The van der Waals surface area contributed by atoms with Crippen LogP contribution < -0.4 is 15.8 Å². The zero-order chi connectivity index (χ0) is 23.1. The summed E-state index contributed by atoms with van der Waals surface area (Å²) in [4.78, 5) is 33.9. The lowest BCUT2D eigenvalue weighted by molar-refractivity contribution is 1.13. The van der Waals surface area contributed by atoms with Gasteiger partial charge < -0.3 is 14.7 Å². The molecule has 0 amide bonds. The number of nitrogens with zero attached hydrogens (tertiary/aromatic N) is 1. The maximum Gasteiger partial charge on any atom is 0.314 e. The predicted molar refractivity (Wildman–Crippen MR) is 136 cm³/mol. The van der Waals surface area contributed by atoms with E-state index in [0.29, 0.717) is 16.1 Å². The molecule has 0 fully saturated rings. The third-order valence-corrected chi connectivity index (χ3v) is 6.72. The van der Waals surface area contributed by atoms with Gasteiger partial charge in [-0.25, -0.2) is 0 Å². The number of hydrogen-bond donors (Lipinski definition) is 3. The monoisotopic (exact) mass is 474 g/mol. The molecular formula is C25H19ClN4O2S. The highest BCUT2D eigenvalue weighted by Crippen LogP contribution is 2.34. The summed E-state index contributed by atoms with van der Waals surface area (Å²) in [5.41, 5.74) is 5.57. The fourth-order valence-corrected chi connectivity index (χ4v) is 4.73. The minimum absolute atomic E-state index is 0.573. The van der Waals surface area contributed by atoms with Crippen LogP contribution >= 0.6 is 23.5 Å². The lowest BCUT2D eigenvalue weighted by Gasteiger charge is -2.12. The van der Waals surface area contributed by atoms with E-state index in [1.165, 1.54) is 11.9 Å². The Morgan fingerprint density at radius 1 is 0.879 bits per heavy atom. The molecule has 0 saturated carbocycles. The number of pyridine rings is 1. The molecule has 0 spiro atoms. The van der Waals surface area contributed by atoms with Crippen LogP contribution in [0.2, 0.25) is 5.02 Å². The maximum atomic E-state index is 11.6. The van der Waals surface area contributed by atoms with Crippen molar-refractivity contribution in [3.8, 4) is 11.1 Å². The van der Waals surface area contributed by atoms with Crippen LogP contribution in [0.4, 0.5) is 5.69 Å². The number of H-pyrrole nitrogens is 2. The summed E-state index contributed by atoms with van der Waals surface area (Å²) in [7, 11) is 0. The highest BCUT2D eigenvalue weighted by atomic mass is 35.5. The molecule has 5 rings (SSSR count). The van der Waals surface area contributed by atoms with Crippen molar-refractivity contribution in [1.29, 1.82) is 0 Å². The third-order valence-electron chi connectivity index (χ3n) is 5.41. The molecule has 6 nitrogen and oxygen atoms in total. The second-order valence-electron chi connectivity index (χ2n) is 7.83. The molecule has 0 aliphatic rings. The molecule has 0 aliphatic carbocycles. The van der Waals surface area contributed by atoms with Gasteiger partial charge in [-0.1, -0.05) is 29.8 Å². The first-order valence-corrected chi connectivity index (χ1v) is 11.4. The summed E-state index contributed by atoms with van der Waals surface area (Å²) >= 11 is 8.03. The normalized spacial score (nSPS) is 11.2. The number of hydrogen-bond acceptors (Lipinski definition) is 5. The number of anilines is 1. The van der Waals surface area contributed by atoms with Crippen molar-refractivity contribution in [2.45, 2.75) is 18.7 Å². The fraction of sp³-hybridized carbons (Fsp3) is 0.0800. The van der Waals surface area contributed by atoms with Gasteiger partial charge in [0.25, 0.3) is 0 Å². The van der Waals surface area contributed by atoms with Crippen molar-refractivity contribution in [3.63, 3.8) is 0 Å². The fourth-order valence-electron chi connectivity index (χ4n) is 3.68. The van der Waals surface area contributed by atoms with Crippen molar-refractivity contribution in [1.82, 2.24) is 15.0 Å². The van der Waals surface area contributed by atoms with Gasteiger partial charge in [-0.3, -0.25) is 14.6 Å². The van der Waals surface area contributed by atoms with E-state index in [1.807, 2.05) is 62.4 Å². The van der Waals surface area contributed by atoms with Gasteiger partial charge in [0.1, 0.15) is 0 Å². The Morgan fingerprint density at radius 2 is 1.64 bits per heavy atom. The zero-order valence-electron chi connectivity index (χ0n) is 17.8. The molecule has 0 atom stereocenters. The average Bonchev–Trinajstić information content (AvgIpc) is 2.79. The summed E-state index contributed by atoms with van der Waals surface area (Å²) in [6.45, 7) is 3.92. The zero-order valence-corrected chi connectivity index (χ0v) is 19.4. The maximum absolute atomic E-state index is 11.6. The van der Waals surface area contributed by atoms with Gasteiger partial charge in [0, 0.05) is 27.2 Å². The van der Waals surface area contributed by atoms with E-state index in [2.05, 4.69) is 31.8 Å². The van der Waals surface area contributed by atoms with Crippen LogP contribution in [0.15, 0.2) is 75.1 Å². The van der Waals surface area contributed by atoms with Crippen LogP contribution in [0.5, 0.6) is 0 Å². The summed E-state index contributed by atoms with van der Waals surface area (Å²) in [5, 5.41) is 1.70. The molecule has 5 aromatic rings. The molecular weight excluding hydrogens is 456 g/mol. The minimum atomic E-state index is -0.669. The molecule has 164 valence electrons. The SMILES string of the molecule is Cc1ccc2cc(-c3ccc(NSc4cc5[nH]c(=O)c(=O)[nH]c5cc4C)cc3Cl)ccc2n1. The van der Waals surface area contributed by atoms with E-state index in [1.54, 1.807) is 0 Å². The second-order valence-corrected chi connectivity index (χ2v) is 9.09. The van der Waals surface area contributed by atoms with Crippen LogP contribution in [0.25, 0.3) is 33.1 Å². The van der Waals surface area contributed by atoms with Gasteiger partial charge in [0.15, 0.2) is 0 Å². The van der Waals surface area contributed by atoms with E-state index in [4.69, 9.17) is 11.6 Å². The van der Waals surface area contributed by atoms with Crippen molar-refractivity contribution >= 4 is 51.2 Å². The average molecular weight is 475 g/mol. The Kier molecular flexibility index (Phi) is 5.44. The Hall–Kier alpha value is -3.55. The highest BCUT2D eigenvalue weighted by molar-refractivity contribution is 8.00. The van der Waals surface area contributed by atoms with E-state index >= 15 is 0 Å². The summed E-state index contributed by atoms with van der Waals surface area (Å²) in [5.74, 6) is 0. The Morgan fingerprint density at radius 3 is 2.39 bits per heavy atom. The van der Waals surface area contributed by atoms with E-state index < -0.39 is 11.1 Å². The predicted octanol–water partition coefficient (Wildman–Crippen LogP) is 5.82. The van der Waals surface area contributed by atoms with Crippen LogP contribution in [-0.4, -0.2) is 15.0 Å². The quantitative estimate of drug-likeness (QED) is 0.225. The first kappa shape index (κ1) is 21.3. The van der Waals surface area contributed by atoms with Crippen LogP contribution in [0.1, 0.15) is 11.3 Å². The van der Waals surface area contributed by atoms with Crippen molar-refractivity contribution in [2.75, 3.05) is 4.72 Å². The van der Waals surface area contributed by atoms with E-state index in [9.17, 15) is 9.59 Å². The van der Waals surface area contributed by atoms with Crippen molar-refractivity contribution < 1.29 is 0 Å². The minimum Gasteiger partial charge on any atom is -0.326 e. The molecule has 0 unspecified atom stereocenters. The van der Waals surface area contributed by atoms with Gasteiger partial charge in [-0.2, -0.15) is 0 Å². The lowest BCUT2D eigenvalue weighted by atomic mass is 10.0. The number of aromatic nitrogens is 3. The molecule has 0 saturated heterocycles. The topological polar surface area (TPSA) is 90.6 Å². The Bertz CT molecular complexity index is 1660. The van der Waals surface area contributed by atoms with Gasteiger partial charge in [0.2, 0.25) is 0 Å². The molecule has 3 N–H and O–H groups in total. The standard InChI is InChI=1S/C25H19ClN4O2S/c1-13-9-21-22(29-25(32)24(31)28-21)12-23(13)33-30-17-6-7-18(19(26)11-17)15-5-8-20-16(10-15)4-3-14(2)27-20/h3-12,30H,1-2H3,(H,28,31)(H,29,32). The van der Waals surface area contributed by atoms with Crippen LogP contribution in [0.3, 0.4) is 0 Å². The third kappa shape index (κ3) is 4.25. The van der Waals surface area contributed by atoms with Gasteiger partial charge >= 0.3 is 11.1 Å². The van der Waals surface area contributed by atoms with E-state index in [0.717, 1.165) is 43.9 Å². The van der Waals surface area contributed by atoms with Gasteiger partial charge in [-0.05, 0) is 79.4 Å². The molecule has 0 aliphatic heterocycles. The number of aryl methyl sites for hydroxylation is 2. The molecule has 33 heavy (non-hydrogen) atoms. The lowest BCUT2D eigenvalue weighted by Crippen LogP contribution is -2.28. The Labute approximate surface area is 198 Å². The second kappa shape index (κ2) is 8.42. The first-order chi connectivity index (χ1) is 15.9. The number of rotatable bonds is 4. The largest absolute Gasteiger partial charge is 0.326 e. The number of nitrogens with one attached hydrogen (secondary N) is 3. The van der Waals surface area contributed by atoms with Crippen LogP contribution in [0, 0.1) is 13.8 Å². The molecule has 0 bridgehead atoms. The van der Waals surface area contributed by atoms with Crippen LogP contribution in [-0.2, 0) is 0 Å². The van der Waals surface area contributed by atoms with Gasteiger partial charge in [-0.15, -0.1) is 0 Å². The molecule has 8 heteroatoms. The van der Waals surface area contributed by atoms with E-state index in [-0.39, 0.29) is 0 Å². The van der Waals surface area contributed by atoms with Crippen molar-refractivity contribution in [2.24, 2.45) is 0 Å². The first-order valence-electron chi connectivity index (χ1n) is 10.2. The van der Waals surface area contributed by atoms with Gasteiger partial charge in [0.05, 0.1) is 21.6 Å². The number of halogens is 1. The number of fused-ring (bicyclic) bond motifs is 2. The summed E-state index contributed by atoms with van der Waals surface area (Å²) < 4.78 is 3.31.